The molecule has 2 aromatic carbocycles. The first-order valence-corrected chi connectivity index (χ1v) is 6.94. The Hall–Kier alpha value is -1.84. The van der Waals surface area contributed by atoms with Gasteiger partial charge in [-0.25, -0.2) is 0 Å². The molecular weight excluding hydrogens is 250 g/mol. The second-order valence-corrected chi connectivity index (χ2v) is 5.46. The highest BCUT2D eigenvalue weighted by molar-refractivity contribution is 5.44. The lowest BCUT2D eigenvalue weighted by Gasteiger charge is -2.45. The average molecular weight is 269 g/mol. The van der Waals surface area contributed by atoms with Crippen molar-refractivity contribution >= 4 is 0 Å². The van der Waals surface area contributed by atoms with E-state index in [4.69, 9.17) is 10.5 Å². The van der Waals surface area contributed by atoms with Crippen molar-refractivity contribution in [1.29, 1.82) is 0 Å². The van der Waals surface area contributed by atoms with Crippen molar-refractivity contribution in [1.82, 2.24) is 0 Å². The van der Waals surface area contributed by atoms with E-state index in [1.165, 1.54) is 0 Å². The van der Waals surface area contributed by atoms with Crippen LogP contribution in [0.15, 0.2) is 54.6 Å². The Labute approximate surface area is 119 Å². The van der Waals surface area contributed by atoms with Crippen molar-refractivity contribution in [2.75, 3.05) is 6.54 Å². The van der Waals surface area contributed by atoms with Crippen molar-refractivity contribution in [2.45, 2.75) is 24.4 Å². The molecule has 0 aromatic heterocycles. The van der Waals surface area contributed by atoms with Crippen molar-refractivity contribution in [3.05, 3.63) is 60.2 Å². The maximum atomic E-state index is 9.66. The molecule has 0 spiro atoms. The van der Waals surface area contributed by atoms with Gasteiger partial charge in [0.05, 0.1) is 6.10 Å². The van der Waals surface area contributed by atoms with E-state index >= 15 is 0 Å². The first-order chi connectivity index (χ1) is 9.73. The maximum absolute atomic E-state index is 9.66. The Morgan fingerprint density at radius 2 is 1.70 bits per heavy atom. The largest absolute Gasteiger partial charge is 0.457 e. The smallest absolute Gasteiger partial charge is 0.131 e. The van der Waals surface area contributed by atoms with Gasteiger partial charge < -0.3 is 15.6 Å². The Morgan fingerprint density at radius 1 is 1.05 bits per heavy atom. The lowest BCUT2D eigenvalue weighted by atomic mass is 9.62. The highest BCUT2D eigenvalue weighted by Gasteiger charge is 2.45. The first-order valence-electron chi connectivity index (χ1n) is 6.94. The molecule has 3 rings (SSSR count). The molecular formula is C17H19NO2. The fourth-order valence-corrected chi connectivity index (χ4v) is 2.95. The Bertz CT molecular complexity index is 577. The molecule has 0 aliphatic heterocycles. The fraction of sp³-hybridized carbons (Fsp3) is 0.294. The van der Waals surface area contributed by atoms with Gasteiger partial charge >= 0.3 is 0 Å². The van der Waals surface area contributed by atoms with Crippen LogP contribution in [0.25, 0.3) is 0 Å². The summed E-state index contributed by atoms with van der Waals surface area (Å²) in [5, 5.41) is 9.66. The van der Waals surface area contributed by atoms with E-state index in [-0.39, 0.29) is 11.5 Å². The molecule has 0 heterocycles. The van der Waals surface area contributed by atoms with Crippen molar-refractivity contribution in [3.63, 3.8) is 0 Å². The molecule has 2 aromatic rings. The minimum Gasteiger partial charge on any atom is -0.457 e. The molecule has 3 N–H and O–H groups in total. The van der Waals surface area contributed by atoms with Crippen LogP contribution in [0.3, 0.4) is 0 Å². The normalized spacial score (nSPS) is 25.0. The third kappa shape index (κ3) is 2.30. The van der Waals surface area contributed by atoms with Gasteiger partial charge in [0, 0.05) is 17.5 Å². The van der Waals surface area contributed by atoms with Crippen LogP contribution in [-0.4, -0.2) is 17.8 Å². The average Bonchev–Trinajstić information content (AvgIpc) is 2.46. The van der Waals surface area contributed by atoms with E-state index < -0.39 is 0 Å². The molecule has 0 bridgehead atoms. The van der Waals surface area contributed by atoms with Crippen LogP contribution >= 0.6 is 0 Å². The molecule has 1 aliphatic rings. The predicted octanol–water partition coefficient (Wildman–Crippen LogP) is 2.83. The Morgan fingerprint density at radius 3 is 2.35 bits per heavy atom. The van der Waals surface area contributed by atoms with Crippen molar-refractivity contribution < 1.29 is 9.84 Å². The summed E-state index contributed by atoms with van der Waals surface area (Å²) in [5.41, 5.74) is 6.90. The van der Waals surface area contributed by atoms with E-state index in [1.807, 2.05) is 48.5 Å². The highest BCUT2D eigenvalue weighted by Crippen LogP contribution is 2.47. The number of para-hydroxylation sites is 2. The number of rotatable bonds is 4. The second-order valence-electron chi connectivity index (χ2n) is 5.46. The van der Waals surface area contributed by atoms with Crippen LogP contribution in [0.5, 0.6) is 11.5 Å². The van der Waals surface area contributed by atoms with Gasteiger partial charge in [-0.2, -0.15) is 0 Å². The second kappa shape index (κ2) is 5.27. The third-order valence-electron chi connectivity index (χ3n) is 4.07. The lowest BCUT2D eigenvalue weighted by Crippen LogP contribution is -2.49. The van der Waals surface area contributed by atoms with Crippen LogP contribution in [-0.2, 0) is 5.41 Å². The van der Waals surface area contributed by atoms with Gasteiger partial charge in [-0.1, -0.05) is 36.4 Å². The number of hydrogen-bond donors (Lipinski definition) is 2. The maximum Gasteiger partial charge on any atom is 0.131 e. The van der Waals surface area contributed by atoms with Crippen LogP contribution in [0.2, 0.25) is 0 Å². The SMILES string of the molecule is NCC1(c2ccccc2Oc2ccccc2)CC(O)C1. The molecule has 0 amide bonds. The van der Waals surface area contributed by atoms with E-state index in [0.717, 1.165) is 17.1 Å². The monoisotopic (exact) mass is 269 g/mol. The molecule has 1 aliphatic carbocycles. The van der Waals surface area contributed by atoms with E-state index in [9.17, 15) is 5.11 Å². The Kier molecular flexibility index (Phi) is 3.47. The van der Waals surface area contributed by atoms with Gasteiger partial charge in [-0.05, 0) is 31.0 Å². The summed E-state index contributed by atoms with van der Waals surface area (Å²) in [5.74, 6) is 1.64. The molecule has 0 saturated heterocycles. The summed E-state index contributed by atoms with van der Waals surface area (Å²) in [6, 6.07) is 17.7. The molecule has 0 radical (unpaired) electrons. The molecule has 3 nitrogen and oxygen atoms in total. The van der Waals surface area contributed by atoms with E-state index in [2.05, 4.69) is 6.07 Å². The number of aliphatic hydroxyl groups is 1. The number of benzene rings is 2. The summed E-state index contributed by atoms with van der Waals surface area (Å²) in [6.07, 6.45) is 1.17. The van der Waals surface area contributed by atoms with Crippen molar-refractivity contribution in [2.24, 2.45) is 5.73 Å². The zero-order valence-electron chi connectivity index (χ0n) is 11.3. The van der Waals surface area contributed by atoms with Crippen LogP contribution in [0, 0.1) is 0 Å². The molecule has 3 heteroatoms. The standard InChI is InChI=1S/C17H19NO2/c18-12-17(10-13(19)11-17)15-8-4-5-9-16(15)20-14-6-2-1-3-7-14/h1-9,13,19H,10-12,18H2. The van der Waals surface area contributed by atoms with Gasteiger partial charge in [0.25, 0.3) is 0 Å². The van der Waals surface area contributed by atoms with Crippen LogP contribution in [0.1, 0.15) is 18.4 Å². The third-order valence-corrected chi connectivity index (χ3v) is 4.07. The molecule has 0 unspecified atom stereocenters. The van der Waals surface area contributed by atoms with Crippen LogP contribution in [0.4, 0.5) is 0 Å². The van der Waals surface area contributed by atoms with Crippen molar-refractivity contribution in [3.8, 4) is 11.5 Å². The molecule has 1 saturated carbocycles. The highest BCUT2D eigenvalue weighted by atomic mass is 16.5. The zero-order valence-corrected chi connectivity index (χ0v) is 11.3. The number of aliphatic hydroxyl groups excluding tert-OH is 1. The fourth-order valence-electron chi connectivity index (χ4n) is 2.95. The van der Waals surface area contributed by atoms with Gasteiger partial charge in [-0.3, -0.25) is 0 Å². The number of hydrogen-bond acceptors (Lipinski definition) is 3. The quantitative estimate of drug-likeness (QED) is 0.897. The van der Waals surface area contributed by atoms with Crippen LogP contribution < -0.4 is 10.5 Å². The van der Waals surface area contributed by atoms with Gasteiger partial charge in [0.15, 0.2) is 0 Å². The molecule has 0 atom stereocenters. The summed E-state index contributed by atoms with van der Waals surface area (Å²) in [7, 11) is 0. The molecule has 1 fully saturated rings. The van der Waals surface area contributed by atoms with Gasteiger partial charge in [0.1, 0.15) is 11.5 Å². The topological polar surface area (TPSA) is 55.5 Å². The zero-order chi connectivity index (χ0) is 14.0. The van der Waals surface area contributed by atoms with Gasteiger partial charge in [0.2, 0.25) is 0 Å². The lowest BCUT2D eigenvalue weighted by molar-refractivity contribution is 0.0213. The summed E-state index contributed by atoms with van der Waals surface area (Å²) in [6.45, 7) is 0.527. The molecule has 20 heavy (non-hydrogen) atoms. The number of ether oxygens (including phenoxy) is 1. The summed E-state index contributed by atoms with van der Waals surface area (Å²) < 4.78 is 5.99. The minimum absolute atomic E-state index is 0.148. The predicted molar refractivity (Wildman–Crippen MR) is 78.9 cm³/mol. The van der Waals surface area contributed by atoms with E-state index in [0.29, 0.717) is 19.4 Å². The number of nitrogens with two attached hydrogens (primary N) is 1. The van der Waals surface area contributed by atoms with Gasteiger partial charge in [-0.15, -0.1) is 0 Å². The summed E-state index contributed by atoms with van der Waals surface area (Å²) >= 11 is 0. The minimum atomic E-state index is -0.247. The molecule has 104 valence electrons. The summed E-state index contributed by atoms with van der Waals surface area (Å²) in [4.78, 5) is 0. The Balaban J connectivity index is 1.93. The van der Waals surface area contributed by atoms with E-state index in [1.54, 1.807) is 0 Å². The first kappa shape index (κ1) is 13.2.